The van der Waals surface area contributed by atoms with Gasteiger partial charge >= 0.3 is 5.97 Å². The number of phenols is 1. The van der Waals surface area contributed by atoms with Gasteiger partial charge in [0.2, 0.25) is 0 Å². The first kappa shape index (κ1) is 25.2. The van der Waals surface area contributed by atoms with E-state index in [2.05, 4.69) is 0 Å². The fourth-order valence-electron chi connectivity index (χ4n) is 3.34. The molecule has 1 aromatic carbocycles. The minimum absolute atomic E-state index is 0.0699. The van der Waals surface area contributed by atoms with Gasteiger partial charge < -0.3 is 14.9 Å². The molecule has 2 N–H and O–H groups in total. The molecule has 31 heavy (non-hydrogen) atoms. The van der Waals surface area contributed by atoms with E-state index in [1.165, 1.54) is 11.8 Å². The van der Waals surface area contributed by atoms with Crippen LogP contribution in [0, 0.1) is 0 Å². The number of carboxylic acid groups (broad SMARTS) is 1. The van der Waals surface area contributed by atoms with E-state index in [4.69, 9.17) is 22.1 Å². The van der Waals surface area contributed by atoms with Crippen LogP contribution in [-0.4, -0.2) is 44.5 Å². The Balaban J connectivity index is 1.73. The van der Waals surface area contributed by atoms with E-state index in [9.17, 15) is 14.7 Å². The molecule has 0 saturated carbocycles. The number of thiocarbonyl (C=S) groups is 1. The largest absolute Gasteiger partial charge is 0.504 e. The molecular weight excluding hydrogens is 434 g/mol. The zero-order chi connectivity index (χ0) is 22.6. The van der Waals surface area contributed by atoms with Crippen LogP contribution in [0.3, 0.4) is 0 Å². The average Bonchev–Trinajstić information content (AvgIpc) is 2.99. The van der Waals surface area contributed by atoms with Crippen molar-refractivity contribution in [2.24, 2.45) is 0 Å². The topological polar surface area (TPSA) is 87.1 Å². The molecule has 1 aromatic rings. The van der Waals surface area contributed by atoms with Crippen molar-refractivity contribution >= 4 is 46.3 Å². The predicted octanol–water partition coefficient (Wildman–Crippen LogP) is 5.59. The molecule has 1 aliphatic rings. The maximum Gasteiger partial charge on any atom is 0.303 e. The Morgan fingerprint density at radius 2 is 1.77 bits per heavy atom. The number of rotatable bonds is 14. The molecule has 170 valence electrons. The van der Waals surface area contributed by atoms with E-state index in [1.54, 1.807) is 29.2 Å². The highest BCUT2D eigenvalue weighted by Gasteiger charge is 2.31. The lowest BCUT2D eigenvalue weighted by Crippen LogP contribution is -2.29. The number of thioether (sulfide) groups is 1. The summed E-state index contributed by atoms with van der Waals surface area (Å²) in [6.07, 6.45) is 10.2. The van der Waals surface area contributed by atoms with E-state index >= 15 is 0 Å². The fraction of sp³-hybridized carbons (Fsp3) is 0.522. The first-order valence-corrected chi connectivity index (χ1v) is 12.1. The van der Waals surface area contributed by atoms with Gasteiger partial charge in [0.1, 0.15) is 4.32 Å². The molecule has 2 rings (SSSR count). The summed E-state index contributed by atoms with van der Waals surface area (Å²) in [6, 6.07) is 5.02. The Bertz CT molecular complexity index is 809. The van der Waals surface area contributed by atoms with Crippen molar-refractivity contribution < 1.29 is 24.5 Å². The van der Waals surface area contributed by atoms with Crippen LogP contribution in [0.1, 0.15) is 70.3 Å². The molecule has 1 heterocycles. The number of hydrogen-bond acceptors (Lipinski definition) is 6. The zero-order valence-corrected chi connectivity index (χ0v) is 19.6. The molecule has 0 aliphatic carbocycles. The Morgan fingerprint density at radius 3 is 2.42 bits per heavy atom. The lowest BCUT2D eigenvalue weighted by atomic mass is 10.1. The van der Waals surface area contributed by atoms with Gasteiger partial charge in [0.15, 0.2) is 11.5 Å². The number of amides is 1. The number of ether oxygens (including phenoxy) is 1. The summed E-state index contributed by atoms with van der Waals surface area (Å²) in [6.45, 7) is 2.92. The van der Waals surface area contributed by atoms with E-state index in [1.807, 2.05) is 6.92 Å². The van der Waals surface area contributed by atoms with Crippen LogP contribution in [0.4, 0.5) is 0 Å². The normalized spacial score (nSPS) is 15.1. The van der Waals surface area contributed by atoms with Gasteiger partial charge in [-0.25, -0.2) is 0 Å². The van der Waals surface area contributed by atoms with Crippen molar-refractivity contribution in [3.63, 3.8) is 0 Å². The number of benzene rings is 1. The summed E-state index contributed by atoms with van der Waals surface area (Å²) in [5.74, 6) is -0.316. The van der Waals surface area contributed by atoms with Crippen molar-refractivity contribution in [1.29, 1.82) is 0 Å². The van der Waals surface area contributed by atoms with Crippen LogP contribution in [0.25, 0.3) is 6.08 Å². The van der Waals surface area contributed by atoms with Crippen molar-refractivity contribution in [3.8, 4) is 11.5 Å². The van der Waals surface area contributed by atoms with Gasteiger partial charge in [0, 0.05) is 13.0 Å². The maximum absolute atomic E-state index is 12.7. The van der Waals surface area contributed by atoms with Crippen LogP contribution in [0.2, 0.25) is 0 Å². The van der Waals surface area contributed by atoms with Crippen molar-refractivity contribution in [1.82, 2.24) is 4.90 Å². The fourth-order valence-corrected chi connectivity index (χ4v) is 4.65. The van der Waals surface area contributed by atoms with Gasteiger partial charge in [-0.1, -0.05) is 68.6 Å². The van der Waals surface area contributed by atoms with Gasteiger partial charge in [-0.2, -0.15) is 0 Å². The zero-order valence-electron chi connectivity index (χ0n) is 18.0. The number of carbonyl (C=O) groups excluding carboxylic acids is 1. The highest BCUT2D eigenvalue weighted by Crippen LogP contribution is 2.34. The van der Waals surface area contributed by atoms with Crippen LogP contribution in [0.15, 0.2) is 23.1 Å². The third-order valence-electron chi connectivity index (χ3n) is 4.98. The quantitative estimate of drug-likeness (QED) is 0.210. The number of unbranched alkanes of at least 4 members (excludes halogenated alkanes) is 7. The van der Waals surface area contributed by atoms with E-state index in [-0.39, 0.29) is 18.1 Å². The third kappa shape index (κ3) is 8.53. The molecule has 1 aliphatic heterocycles. The second kappa shape index (κ2) is 13.4. The molecule has 0 atom stereocenters. The molecule has 1 amide bonds. The number of carbonyl (C=O) groups is 2. The summed E-state index contributed by atoms with van der Waals surface area (Å²) < 4.78 is 5.98. The van der Waals surface area contributed by atoms with Gasteiger partial charge in [-0.05, 0) is 43.5 Å². The Morgan fingerprint density at radius 1 is 1.13 bits per heavy atom. The third-order valence-corrected chi connectivity index (χ3v) is 6.36. The van der Waals surface area contributed by atoms with E-state index < -0.39 is 5.97 Å². The Kier molecular flexibility index (Phi) is 10.9. The molecule has 8 heteroatoms. The lowest BCUT2D eigenvalue weighted by molar-refractivity contribution is -0.137. The maximum atomic E-state index is 12.7. The van der Waals surface area contributed by atoms with Gasteiger partial charge in [0.25, 0.3) is 5.91 Å². The highest BCUT2D eigenvalue weighted by atomic mass is 32.2. The summed E-state index contributed by atoms with van der Waals surface area (Å²) >= 11 is 6.70. The molecular formula is C23H31NO5S2. The Labute approximate surface area is 193 Å². The molecule has 0 bridgehead atoms. The molecule has 0 spiro atoms. The molecule has 1 saturated heterocycles. The average molecular weight is 466 g/mol. The number of nitrogens with zero attached hydrogens (tertiary/aromatic N) is 1. The number of hydrogen-bond donors (Lipinski definition) is 2. The number of carboxylic acids is 1. The SMILES string of the molecule is CCOc1cc(/C=C2/SC(=S)N(CCCCCCCCCCC(=O)O)C2=O)ccc1O. The first-order chi connectivity index (χ1) is 14.9. The molecule has 0 unspecified atom stereocenters. The summed E-state index contributed by atoms with van der Waals surface area (Å²) in [5, 5.41) is 18.4. The summed E-state index contributed by atoms with van der Waals surface area (Å²) in [5.41, 5.74) is 0.783. The number of phenolic OH excluding ortho intramolecular Hbond substituents is 1. The molecule has 0 radical (unpaired) electrons. The van der Waals surface area contributed by atoms with Crippen LogP contribution in [0.5, 0.6) is 11.5 Å². The van der Waals surface area contributed by atoms with Gasteiger partial charge in [-0.15, -0.1) is 0 Å². The van der Waals surface area contributed by atoms with Crippen molar-refractivity contribution in [3.05, 3.63) is 28.7 Å². The molecule has 0 aromatic heterocycles. The standard InChI is InChI=1S/C23H31NO5S2/c1-2-29-19-15-17(12-13-18(19)25)16-20-22(28)24(23(30)31-20)14-10-8-6-4-3-5-7-9-11-21(26)27/h12-13,15-16,25H,2-11,14H2,1H3,(H,26,27)/b20-16+. The lowest BCUT2D eigenvalue weighted by Gasteiger charge is -2.14. The Hall–Kier alpha value is -2.06. The minimum Gasteiger partial charge on any atom is -0.504 e. The second-order valence-electron chi connectivity index (χ2n) is 7.47. The minimum atomic E-state index is -0.719. The van der Waals surface area contributed by atoms with E-state index in [0.29, 0.717) is 28.1 Å². The number of aliphatic carboxylic acids is 1. The predicted molar refractivity (Wildman–Crippen MR) is 128 cm³/mol. The monoisotopic (exact) mass is 465 g/mol. The summed E-state index contributed by atoms with van der Waals surface area (Å²) in [4.78, 5) is 25.5. The smallest absolute Gasteiger partial charge is 0.303 e. The van der Waals surface area contributed by atoms with Crippen LogP contribution in [-0.2, 0) is 9.59 Å². The second-order valence-corrected chi connectivity index (χ2v) is 9.14. The van der Waals surface area contributed by atoms with Gasteiger partial charge in [-0.3, -0.25) is 14.5 Å². The highest BCUT2D eigenvalue weighted by molar-refractivity contribution is 8.26. The number of aromatic hydroxyl groups is 1. The summed E-state index contributed by atoms with van der Waals surface area (Å²) in [7, 11) is 0. The van der Waals surface area contributed by atoms with E-state index in [0.717, 1.165) is 56.9 Å². The molecule has 6 nitrogen and oxygen atoms in total. The van der Waals surface area contributed by atoms with Crippen LogP contribution < -0.4 is 4.74 Å². The van der Waals surface area contributed by atoms with Crippen LogP contribution >= 0.6 is 24.0 Å². The van der Waals surface area contributed by atoms with Gasteiger partial charge in [0.05, 0.1) is 11.5 Å². The van der Waals surface area contributed by atoms with Crippen molar-refractivity contribution in [2.75, 3.05) is 13.2 Å². The molecule has 1 fully saturated rings. The van der Waals surface area contributed by atoms with Crippen molar-refractivity contribution in [2.45, 2.75) is 64.7 Å². The first-order valence-electron chi connectivity index (χ1n) is 10.9.